The van der Waals surface area contributed by atoms with Gasteiger partial charge in [0.1, 0.15) is 6.61 Å². The van der Waals surface area contributed by atoms with Crippen LogP contribution in [0.1, 0.15) is 75.6 Å². The Balaban J connectivity index is 2.18. The SMILES string of the molecule is CCC/C=C(\C(=O)CCC(C)C)c1ccccc1CO/N=C(\C)c1ccc(C)cc1. The molecule has 0 aromatic heterocycles. The summed E-state index contributed by atoms with van der Waals surface area (Å²) in [6, 6.07) is 16.2. The van der Waals surface area contributed by atoms with Crippen LogP contribution < -0.4 is 0 Å². The van der Waals surface area contributed by atoms with Crippen molar-refractivity contribution in [2.45, 2.75) is 66.9 Å². The van der Waals surface area contributed by atoms with Crippen molar-refractivity contribution in [2.75, 3.05) is 0 Å². The Morgan fingerprint density at radius 3 is 2.47 bits per heavy atom. The number of allylic oxidation sites excluding steroid dienone is 2. The largest absolute Gasteiger partial charge is 0.391 e. The van der Waals surface area contributed by atoms with E-state index < -0.39 is 0 Å². The lowest BCUT2D eigenvalue weighted by Crippen LogP contribution is -2.07. The maximum Gasteiger partial charge on any atom is 0.163 e. The number of carbonyl (C=O) groups excluding carboxylic acids is 1. The van der Waals surface area contributed by atoms with E-state index in [1.807, 2.05) is 43.3 Å². The third kappa shape index (κ3) is 7.29. The molecule has 0 N–H and O–H groups in total. The summed E-state index contributed by atoms with van der Waals surface area (Å²) in [4.78, 5) is 18.7. The summed E-state index contributed by atoms with van der Waals surface area (Å²) in [6.07, 6.45) is 5.47. The van der Waals surface area contributed by atoms with Crippen LogP contribution in [0.2, 0.25) is 0 Å². The van der Waals surface area contributed by atoms with Gasteiger partial charge in [-0.1, -0.05) is 92.5 Å². The Morgan fingerprint density at radius 2 is 1.80 bits per heavy atom. The Hall–Kier alpha value is -2.68. The van der Waals surface area contributed by atoms with E-state index in [0.29, 0.717) is 18.9 Å². The van der Waals surface area contributed by atoms with Gasteiger partial charge >= 0.3 is 0 Å². The van der Waals surface area contributed by atoms with Crippen LogP contribution in [-0.4, -0.2) is 11.5 Å². The van der Waals surface area contributed by atoms with Gasteiger partial charge in [-0.05, 0) is 49.3 Å². The van der Waals surface area contributed by atoms with E-state index in [9.17, 15) is 4.79 Å². The van der Waals surface area contributed by atoms with Crippen LogP contribution in [0.4, 0.5) is 0 Å². The molecule has 0 amide bonds. The van der Waals surface area contributed by atoms with Crippen molar-refractivity contribution in [3.8, 4) is 0 Å². The van der Waals surface area contributed by atoms with Crippen molar-refractivity contribution in [3.05, 3.63) is 76.9 Å². The average molecular weight is 406 g/mol. The minimum atomic E-state index is 0.212. The van der Waals surface area contributed by atoms with Gasteiger partial charge in [0.15, 0.2) is 5.78 Å². The summed E-state index contributed by atoms with van der Waals surface area (Å²) >= 11 is 0. The van der Waals surface area contributed by atoms with Crippen molar-refractivity contribution in [2.24, 2.45) is 11.1 Å². The smallest absolute Gasteiger partial charge is 0.163 e. The molecule has 3 heteroatoms. The molecule has 160 valence electrons. The highest BCUT2D eigenvalue weighted by Gasteiger charge is 2.16. The molecule has 2 rings (SSSR count). The van der Waals surface area contributed by atoms with Crippen molar-refractivity contribution >= 4 is 17.1 Å². The first kappa shape index (κ1) is 23.6. The predicted molar refractivity (Wildman–Crippen MR) is 127 cm³/mol. The molecular weight excluding hydrogens is 370 g/mol. The van der Waals surface area contributed by atoms with Crippen LogP contribution in [0.25, 0.3) is 5.57 Å². The van der Waals surface area contributed by atoms with E-state index in [-0.39, 0.29) is 5.78 Å². The topological polar surface area (TPSA) is 38.7 Å². The maximum atomic E-state index is 13.0. The molecule has 0 saturated heterocycles. The van der Waals surface area contributed by atoms with Gasteiger partial charge < -0.3 is 4.84 Å². The summed E-state index contributed by atoms with van der Waals surface area (Å²) < 4.78 is 0. The minimum absolute atomic E-state index is 0.212. The zero-order chi connectivity index (χ0) is 21.9. The average Bonchev–Trinajstić information content (AvgIpc) is 2.73. The lowest BCUT2D eigenvalue weighted by Gasteiger charge is -2.13. The van der Waals surface area contributed by atoms with E-state index in [2.05, 4.69) is 51.1 Å². The third-order valence-corrected chi connectivity index (χ3v) is 5.08. The molecule has 0 aliphatic rings. The second-order valence-electron chi connectivity index (χ2n) is 8.24. The monoisotopic (exact) mass is 405 g/mol. The van der Waals surface area contributed by atoms with Gasteiger partial charge in [0.05, 0.1) is 5.71 Å². The van der Waals surface area contributed by atoms with Crippen LogP contribution in [0.3, 0.4) is 0 Å². The van der Waals surface area contributed by atoms with Crippen molar-refractivity contribution in [1.82, 2.24) is 0 Å². The number of unbranched alkanes of at least 4 members (excludes halogenated alkanes) is 1. The van der Waals surface area contributed by atoms with Gasteiger partial charge in [-0.3, -0.25) is 4.79 Å². The number of hydrogen-bond donors (Lipinski definition) is 0. The molecule has 0 spiro atoms. The molecule has 0 heterocycles. The first-order chi connectivity index (χ1) is 14.4. The number of carbonyl (C=O) groups is 1. The highest BCUT2D eigenvalue weighted by Crippen LogP contribution is 2.25. The molecule has 2 aromatic rings. The van der Waals surface area contributed by atoms with Gasteiger partial charge in [0, 0.05) is 12.0 Å². The molecule has 3 nitrogen and oxygen atoms in total. The molecule has 0 fully saturated rings. The molecule has 0 aliphatic heterocycles. The first-order valence-corrected chi connectivity index (χ1v) is 11.0. The molecule has 0 bridgehead atoms. The first-order valence-electron chi connectivity index (χ1n) is 11.0. The lowest BCUT2D eigenvalue weighted by atomic mass is 9.92. The molecule has 0 radical (unpaired) electrons. The number of Topliss-reactive ketones (excluding diaryl/α,β-unsaturated/α-hetero) is 1. The Morgan fingerprint density at radius 1 is 1.10 bits per heavy atom. The van der Waals surface area contributed by atoms with Gasteiger partial charge in [-0.15, -0.1) is 0 Å². The van der Waals surface area contributed by atoms with Crippen molar-refractivity contribution < 1.29 is 9.63 Å². The number of hydrogen-bond acceptors (Lipinski definition) is 3. The maximum absolute atomic E-state index is 13.0. The third-order valence-electron chi connectivity index (χ3n) is 5.08. The number of oxime groups is 1. The summed E-state index contributed by atoms with van der Waals surface area (Å²) in [7, 11) is 0. The highest BCUT2D eigenvalue weighted by atomic mass is 16.6. The van der Waals surface area contributed by atoms with Gasteiger partial charge in [-0.25, -0.2) is 0 Å². The van der Waals surface area contributed by atoms with Crippen LogP contribution in [0, 0.1) is 12.8 Å². The van der Waals surface area contributed by atoms with Crippen LogP contribution in [-0.2, 0) is 16.2 Å². The fourth-order valence-electron chi connectivity index (χ4n) is 3.17. The number of ketones is 1. The summed E-state index contributed by atoms with van der Waals surface area (Å²) in [5.41, 5.74) is 5.86. The number of rotatable bonds is 11. The van der Waals surface area contributed by atoms with E-state index >= 15 is 0 Å². The zero-order valence-electron chi connectivity index (χ0n) is 19.1. The molecule has 0 aliphatic carbocycles. The Labute approximate surface area is 181 Å². The van der Waals surface area contributed by atoms with Crippen LogP contribution in [0.15, 0.2) is 59.8 Å². The second-order valence-corrected chi connectivity index (χ2v) is 8.24. The second kappa shape index (κ2) is 12.1. The predicted octanol–water partition coefficient (Wildman–Crippen LogP) is 7.12. The van der Waals surface area contributed by atoms with Crippen LogP contribution in [0.5, 0.6) is 0 Å². The van der Waals surface area contributed by atoms with E-state index in [1.54, 1.807) is 0 Å². The summed E-state index contributed by atoms with van der Waals surface area (Å²) in [6.45, 7) is 10.8. The van der Waals surface area contributed by atoms with E-state index in [4.69, 9.17) is 4.84 Å². The quantitative estimate of drug-likeness (QED) is 0.227. The number of benzene rings is 2. The van der Waals surface area contributed by atoms with E-state index in [0.717, 1.165) is 47.2 Å². The van der Waals surface area contributed by atoms with Gasteiger partial charge in [-0.2, -0.15) is 0 Å². The number of aryl methyl sites for hydroxylation is 1. The summed E-state index contributed by atoms with van der Waals surface area (Å²) in [5, 5.41) is 4.30. The highest BCUT2D eigenvalue weighted by molar-refractivity contribution is 6.21. The Bertz CT molecular complexity index is 876. The number of nitrogens with zero attached hydrogens (tertiary/aromatic N) is 1. The zero-order valence-corrected chi connectivity index (χ0v) is 19.1. The fourth-order valence-corrected chi connectivity index (χ4v) is 3.17. The van der Waals surface area contributed by atoms with Gasteiger partial charge in [0.25, 0.3) is 0 Å². The molecule has 30 heavy (non-hydrogen) atoms. The molecule has 0 saturated carbocycles. The Kier molecular flexibility index (Phi) is 9.53. The van der Waals surface area contributed by atoms with E-state index in [1.165, 1.54) is 5.56 Å². The molecule has 0 unspecified atom stereocenters. The fraction of sp³-hybridized carbons (Fsp3) is 0.407. The normalized spacial score (nSPS) is 12.3. The van der Waals surface area contributed by atoms with Crippen molar-refractivity contribution in [1.29, 1.82) is 0 Å². The lowest BCUT2D eigenvalue weighted by molar-refractivity contribution is -0.114. The standard InChI is InChI=1S/C27H35NO2/c1-6-7-11-26(27(29)18-13-20(2)3)25-12-9-8-10-24(25)19-30-28-22(5)23-16-14-21(4)15-17-23/h8-12,14-17,20H,6-7,13,18-19H2,1-5H3/b26-11-,28-22+. The van der Waals surface area contributed by atoms with Crippen LogP contribution >= 0.6 is 0 Å². The van der Waals surface area contributed by atoms with Gasteiger partial charge in [0.2, 0.25) is 0 Å². The van der Waals surface area contributed by atoms with Crippen molar-refractivity contribution in [3.63, 3.8) is 0 Å². The molecule has 0 atom stereocenters. The molecular formula is C27H35NO2. The summed E-state index contributed by atoms with van der Waals surface area (Å²) in [5.74, 6) is 0.725. The minimum Gasteiger partial charge on any atom is -0.391 e. The molecule has 2 aromatic carbocycles.